The number of carbonyl (C=O) groups is 1. The summed E-state index contributed by atoms with van der Waals surface area (Å²) in [4.78, 5) is 20.9. The first-order valence-corrected chi connectivity index (χ1v) is 9.40. The Kier molecular flexibility index (Phi) is 7.08. The first kappa shape index (κ1) is 20.4. The van der Waals surface area contributed by atoms with Crippen LogP contribution in [0, 0.1) is 0 Å². The molecule has 1 saturated heterocycles. The Balaban J connectivity index is 1.80. The maximum atomic E-state index is 11.3. The van der Waals surface area contributed by atoms with E-state index in [2.05, 4.69) is 10.1 Å². The third-order valence-electron chi connectivity index (χ3n) is 3.93. The lowest BCUT2D eigenvalue weighted by molar-refractivity contribution is -0.162. The summed E-state index contributed by atoms with van der Waals surface area (Å²) in [5.74, 6) is -0.629. The number of oxime groups is 1. The molecule has 1 aromatic carbocycles. The first-order valence-electron chi connectivity index (χ1n) is 8.64. The van der Waals surface area contributed by atoms with Gasteiger partial charge >= 0.3 is 5.97 Å². The number of carboxylic acid groups (broad SMARTS) is 1. The molecule has 0 bridgehead atoms. The van der Waals surface area contributed by atoms with Crippen molar-refractivity contribution in [3.05, 3.63) is 57.8 Å². The summed E-state index contributed by atoms with van der Waals surface area (Å²) < 4.78 is 11.2. The van der Waals surface area contributed by atoms with E-state index in [1.54, 1.807) is 18.2 Å². The van der Waals surface area contributed by atoms with Gasteiger partial charge in [0.2, 0.25) is 6.29 Å². The maximum absolute atomic E-state index is 11.3. The summed E-state index contributed by atoms with van der Waals surface area (Å²) in [6, 6.07) is 7.60. The molecule has 28 heavy (non-hydrogen) atoms. The predicted molar refractivity (Wildman–Crippen MR) is 104 cm³/mol. The molecule has 148 valence electrons. The molecule has 1 N–H and O–H groups in total. The SMILES string of the molecule is O=C(O)c1ccnc(/C(COc2cc(Cl)cc(Cl)c2)=N/OC2CCCCO2)c1. The van der Waals surface area contributed by atoms with E-state index in [1.165, 1.54) is 18.3 Å². The summed E-state index contributed by atoms with van der Waals surface area (Å²) in [7, 11) is 0. The highest BCUT2D eigenvalue weighted by Crippen LogP contribution is 2.24. The minimum atomic E-state index is -1.07. The number of halogens is 2. The molecule has 9 heteroatoms. The molecule has 1 aliphatic heterocycles. The molecule has 1 aliphatic rings. The van der Waals surface area contributed by atoms with Crippen LogP contribution in [-0.4, -0.2) is 41.3 Å². The number of rotatable bonds is 7. The van der Waals surface area contributed by atoms with Crippen molar-refractivity contribution in [1.82, 2.24) is 4.98 Å². The predicted octanol–water partition coefficient (Wildman–Crippen LogP) is 4.41. The lowest BCUT2D eigenvalue weighted by Crippen LogP contribution is -2.22. The van der Waals surface area contributed by atoms with Crippen LogP contribution in [0.15, 0.2) is 41.7 Å². The number of hydrogen-bond donors (Lipinski definition) is 1. The van der Waals surface area contributed by atoms with E-state index < -0.39 is 12.3 Å². The Morgan fingerprint density at radius 1 is 1.25 bits per heavy atom. The number of aromatic carboxylic acids is 1. The summed E-state index contributed by atoms with van der Waals surface area (Å²) in [5.41, 5.74) is 0.717. The topological polar surface area (TPSA) is 90.2 Å². The van der Waals surface area contributed by atoms with Crippen molar-refractivity contribution in [2.45, 2.75) is 25.6 Å². The number of carboxylic acids is 1. The van der Waals surface area contributed by atoms with E-state index in [0.29, 0.717) is 33.8 Å². The van der Waals surface area contributed by atoms with Crippen LogP contribution >= 0.6 is 23.2 Å². The van der Waals surface area contributed by atoms with Gasteiger partial charge in [-0.3, -0.25) is 4.98 Å². The van der Waals surface area contributed by atoms with Gasteiger partial charge in [-0.05, 0) is 43.2 Å². The highest BCUT2D eigenvalue weighted by molar-refractivity contribution is 6.34. The lowest BCUT2D eigenvalue weighted by Gasteiger charge is -2.20. The van der Waals surface area contributed by atoms with Gasteiger partial charge in [0.05, 0.1) is 17.9 Å². The number of benzene rings is 1. The summed E-state index contributed by atoms with van der Waals surface area (Å²) in [5, 5.41) is 14.2. The highest BCUT2D eigenvalue weighted by Gasteiger charge is 2.17. The third kappa shape index (κ3) is 5.82. The van der Waals surface area contributed by atoms with Gasteiger partial charge < -0.3 is 19.4 Å². The zero-order valence-corrected chi connectivity index (χ0v) is 16.3. The van der Waals surface area contributed by atoms with Crippen LogP contribution in [0.2, 0.25) is 10.0 Å². The second kappa shape index (κ2) is 9.73. The average Bonchev–Trinajstić information content (AvgIpc) is 2.68. The van der Waals surface area contributed by atoms with E-state index in [0.717, 1.165) is 19.3 Å². The number of ether oxygens (including phenoxy) is 2. The number of pyridine rings is 1. The number of hydrogen-bond acceptors (Lipinski definition) is 6. The van der Waals surface area contributed by atoms with Crippen molar-refractivity contribution in [2.24, 2.45) is 5.16 Å². The van der Waals surface area contributed by atoms with Crippen molar-refractivity contribution in [3.63, 3.8) is 0 Å². The lowest BCUT2D eigenvalue weighted by atomic mass is 10.2. The second-order valence-corrected chi connectivity index (χ2v) is 6.94. The maximum Gasteiger partial charge on any atom is 0.335 e. The average molecular weight is 425 g/mol. The zero-order valence-electron chi connectivity index (χ0n) is 14.8. The van der Waals surface area contributed by atoms with Crippen LogP contribution in [0.1, 0.15) is 35.3 Å². The van der Waals surface area contributed by atoms with Gasteiger partial charge in [0.1, 0.15) is 18.1 Å². The normalized spacial score (nSPS) is 17.2. The molecule has 0 aliphatic carbocycles. The molecular weight excluding hydrogens is 407 g/mol. The van der Waals surface area contributed by atoms with Gasteiger partial charge in [-0.25, -0.2) is 4.79 Å². The van der Waals surface area contributed by atoms with Gasteiger partial charge in [0.15, 0.2) is 0 Å². The van der Waals surface area contributed by atoms with Gasteiger partial charge in [0, 0.05) is 22.7 Å². The fraction of sp³-hybridized carbons (Fsp3) is 0.316. The Hall–Kier alpha value is -2.35. The van der Waals surface area contributed by atoms with Gasteiger partial charge in [-0.1, -0.05) is 28.4 Å². The summed E-state index contributed by atoms with van der Waals surface area (Å²) in [6.07, 6.45) is 3.63. The molecule has 1 unspecified atom stereocenters. The number of aromatic nitrogens is 1. The molecule has 0 radical (unpaired) electrons. The smallest absolute Gasteiger partial charge is 0.335 e. The minimum Gasteiger partial charge on any atom is -0.487 e. The Morgan fingerprint density at radius 3 is 2.71 bits per heavy atom. The van der Waals surface area contributed by atoms with Crippen molar-refractivity contribution >= 4 is 34.9 Å². The van der Waals surface area contributed by atoms with Crippen molar-refractivity contribution < 1.29 is 24.2 Å². The van der Waals surface area contributed by atoms with E-state index in [9.17, 15) is 9.90 Å². The van der Waals surface area contributed by atoms with Gasteiger partial charge in [0.25, 0.3) is 0 Å². The van der Waals surface area contributed by atoms with Gasteiger partial charge in [-0.15, -0.1) is 0 Å². The molecule has 2 heterocycles. The molecule has 0 spiro atoms. The van der Waals surface area contributed by atoms with Crippen LogP contribution in [-0.2, 0) is 9.57 Å². The Morgan fingerprint density at radius 2 is 2.04 bits per heavy atom. The van der Waals surface area contributed by atoms with E-state index >= 15 is 0 Å². The van der Waals surface area contributed by atoms with Gasteiger partial charge in [-0.2, -0.15) is 0 Å². The molecule has 1 fully saturated rings. The quantitative estimate of drug-likeness (QED) is 0.522. The first-order chi connectivity index (χ1) is 13.5. The summed E-state index contributed by atoms with van der Waals surface area (Å²) >= 11 is 12.0. The van der Waals surface area contributed by atoms with Crippen LogP contribution in [0.25, 0.3) is 0 Å². The van der Waals surface area contributed by atoms with Crippen LogP contribution in [0.5, 0.6) is 5.75 Å². The molecular formula is C19H18Cl2N2O5. The molecule has 2 aromatic rings. The molecule has 7 nitrogen and oxygen atoms in total. The molecule has 0 saturated carbocycles. The van der Waals surface area contributed by atoms with E-state index in [1.807, 2.05) is 0 Å². The van der Waals surface area contributed by atoms with Crippen molar-refractivity contribution in [2.75, 3.05) is 13.2 Å². The largest absolute Gasteiger partial charge is 0.487 e. The monoisotopic (exact) mass is 424 g/mol. The molecule has 0 amide bonds. The minimum absolute atomic E-state index is 0.0283. The fourth-order valence-electron chi connectivity index (χ4n) is 2.55. The van der Waals surface area contributed by atoms with Crippen LogP contribution in [0.3, 0.4) is 0 Å². The molecule has 1 aromatic heterocycles. The summed E-state index contributed by atoms with van der Waals surface area (Å²) in [6.45, 7) is 0.583. The van der Waals surface area contributed by atoms with Crippen LogP contribution < -0.4 is 4.74 Å². The number of nitrogens with zero attached hydrogens (tertiary/aromatic N) is 2. The van der Waals surface area contributed by atoms with E-state index in [4.69, 9.17) is 37.5 Å². The van der Waals surface area contributed by atoms with Crippen molar-refractivity contribution in [1.29, 1.82) is 0 Å². The molecule has 1 atom stereocenters. The highest BCUT2D eigenvalue weighted by atomic mass is 35.5. The standard InChI is InChI=1S/C19H18Cl2N2O5/c20-13-8-14(21)10-15(9-13)27-11-17(23-28-18-3-1-2-6-26-18)16-7-12(19(24)25)4-5-22-16/h4-5,7-10,18H,1-3,6,11H2,(H,24,25)/b23-17+. The fourth-order valence-corrected chi connectivity index (χ4v) is 3.05. The van der Waals surface area contributed by atoms with E-state index in [-0.39, 0.29) is 12.2 Å². The Labute approximate surface area is 171 Å². The second-order valence-electron chi connectivity index (χ2n) is 6.07. The zero-order chi connectivity index (χ0) is 19.9. The molecule has 3 rings (SSSR count). The van der Waals surface area contributed by atoms with Crippen LogP contribution in [0.4, 0.5) is 0 Å². The van der Waals surface area contributed by atoms with Crippen molar-refractivity contribution in [3.8, 4) is 5.75 Å². The third-order valence-corrected chi connectivity index (χ3v) is 4.37. The Bertz CT molecular complexity index is 849.